The van der Waals surface area contributed by atoms with Crippen LogP contribution in [0, 0.1) is 0 Å². The molecule has 1 aromatic heterocycles. The van der Waals surface area contributed by atoms with E-state index in [1.807, 2.05) is 0 Å². The number of benzene rings is 1. The fourth-order valence-electron chi connectivity index (χ4n) is 4.36. The van der Waals surface area contributed by atoms with Crippen LogP contribution in [0.1, 0.15) is 101 Å². The van der Waals surface area contributed by atoms with Crippen LogP contribution < -0.4 is 10.6 Å². The van der Waals surface area contributed by atoms with Crippen molar-refractivity contribution in [2.75, 3.05) is 5.32 Å². The van der Waals surface area contributed by atoms with Crippen molar-refractivity contribution in [3.05, 3.63) is 46.5 Å². The number of hydrogen-bond acceptors (Lipinski definition) is 9. The molecule has 0 unspecified atom stereocenters. The van der Waals surface area contributed by atoms with Crippen molar-refractivity contribution in [2.45, 2.75) is 116 Å². The third-order valence-electron chi connectivity index (χ3n) is 6.57. The van der Waals surface area contributed by atoms with Crippen LogP contribution in [-0.2, 0) is 41.6 Å². The summed E-state index contributed by atoms with van der Waals surface area (Å²) >= 11 is 1.46. The molecule has 1 heterocycles. The van der Waals surface area contributed by atoms with Crippen LogP contribution in [0.2, 0.25) is 0 Å². The molecule has 0 saturated heterocycles. The monoisotopic (exact) mass is 601 g/mol. The molecule has 1 aromatic carbocycles. The molecule has 1 aliphatic carbocycles. The Labute approximate surface area is 251 Å². The minimum atomic E-state index is -1.08. The molecule has 11 heteroatoms. The van der Waals surface area contributed by atoms with Crippen LogP contribution in [-0.4, -0.2) is 46.7 Å². The van der Waals surface area contributed by atoms with Crippen molar-refractivity contribution < 1.29 is 33.4 Å². The zero-order valence-electron chi connectivity index (χ0n) is 25.2. The number of anilines is 1. The Balaban J connectivity index is 1.51. The van der Waals surface area contributed by atoms with Gasteiger partial charge >= 0.3 is 18.0 Å². The van der Waals surface area contributed by atoms with Gasteiger partial charge in [0.25, 0.3) is 0 Å². The maximum atomic E-state index is 12.9. The predicted molar refractivity (Wildman–Crippen MR) is 160 cm³/mol. The summed E-state index contributed by atoms with van der Waals surface area (Å²) in [4.78, 5) is 55.6. The van der Waals surface area contributed by atoms with Gasteiger partial charge in [-0.1, -0.05) is 44.5 Å². The summed E-state index contributed by atoms with van der Waals surface area (Å²) in [5.41, 5.74) is 0.750. The molecule has 0 bridgehead atoms. The van der Waals surface area contributed by atoms with Gasteiger partial charge in [0.2, 0.25) is 5.91 Å². The molecule has 10 nitrogen and oxygen atoms in total. The van der Waals surface area contributed by atoms with Crippen molar-refractivity contribution in [1.29, 1.82) is 0 Å². The number of alkyl carbamates (subject to hydrolysis) is 1. The number of thiazole rings is 1. The lowest BCUT2D eigenvalue weighted by Crippen LogP contribution is -2.44. The third-order valence-corrected chi connectivity index (χ3v) is 7.78. The van der Waals surface area contributed by atoms with Gasteiger partial charge in [-0.2, -0.15) is 0 Å². The molecule has 0 spiro atoms. The molecule has 3 rings (SSSR count). The zero-order valence-corrected chi connectivity index (χ0v) is 26.0. The maximum Gasteiger partial charge on any atom is 0.408 e. The standard InChI is InChI=1S/C31H43N3O7S/c1-20(2)25-18-32-29(42-25)34-26(35)17-21-11-13-22(14-12-21)19-39-28(37)24(33-30(38)41-31(3,4)5)15-16-27(36)40-23-9-7-6-8-10-23/h11-14,18,20,23-24H,6-10,15-17,19H2,1-5H3,(H,33,38)(H,32,34,35)/t24-/m0/s1. The Morgan fingerprint density at radius 3 is 2.31 bits per heavy atom. The molecule has 42 heavy (non-hydrogen) atoms. The number of ether oxygens (including phenoxy) is 3. The van der Waals surface area contributed by atoms with Crippen LogP contribution >= 0.6 is 11.3 Å². The molecule has 0 aliphatic heterocycles. The van der Waals surface area contributed by atoms with E-state index < -0.39 is 29.7 Å². The molecular weight excluding hydrogens is 558 g/mol. The third kappa shape index (κ3) is 11.8. The van der Waals surface area contributed by atoms with E-state index in [1.54, 1.807) is 51.2 Å². The van der Waals surface area contributed by atoms with Crippen LogP contribution in [0.3, 0.4) is 0 Å². The van der Waals surface area contributed by atoms with E-state index in [-0.39, 0.29) is 37.9 Å². The number of rotatable bonds is 12. The van der Waals surface area contributed by atoms with Gasteiger partial charge in [0.05, 0.1) is 6.42 Å². The summed E-state index contributed by atoms with van der Waals surface area (Å²) < 4.78 is 16.3. The Morgan fingerprint density at radius 1 is 1.02 bits per heavy atom. The second-order valence-electron chi connectivity index (χ2n) is 11.9. The van der Waals surface area contributed by atoms with Crippen molar-refractivity contribution in [3.63, 3.8) is 0 Å². The number of hydrogen-bond donors (Lipinski definition) is 2. The molecule has 1 atom stereocenters. The Kier molecular flexibility index (Phi) is 12.3. The minimum absolute atomic E-state index is 0.0233. The molecule has 1 fully saturated rings. The number of carbonyl (C=O) groups excluding carboxylic acids is 4. The number of nitrogens with one attached hydrogen (secondary N) is 2. The average molecular weight is 602 g/mol. The summed E-state index contributed by atoms with van der Waals surface area (Å²) in [5.74, 6) is -0.905. The zero-order chi connectivity index (χ0) is 30.7. The molecular formula is C31H43N3O7S. The van der Waals surface area contributed by atoms with Gasteiger partial charge in [0, 0.05) is 17.5 Å². The van der Waals surface area contributed by atoms with Gasteiger partial charge in [-0.05, 0) is 69.9 Å². The van der Waals surface area contributed by atoms with Gasteiger partial charge in [-0.25, -0.2) is 14.6 Å². The van der Waals surface area contributed by atoms with E-state index in [0.717, 1.165) is 42.5 Å². The average Bonchev–Trinajstić information content (AvgIpc) is 3.38. The fraction of sp³-hybridized carbons (Fsp3) is 0.581. The second-order valence-corrected chi connectivity index (χ2v) is 12.9. The first-order valence-electron chi connectivity index (χ1n) is 14.6. The van der Waals surface area contributed by atoms with Crippen LogP contribution in [0.4, 0.5) is 9.93 Å². The van der Waals surface area contributed by atoms with Crippen molar-refractivity contribution in [1.82, 2.24) is 10.3 Å². The summed E-state index contributed by atoms with van der Waals surface area (Å²) in [6.45, 7) is 9.26. The highest BCUT2D eigenvalue weighted by Gasteiger charge is 2.27. The maximum absolute atomic E-state index is 12.9. The SMILES string of the molecule is CC(C)c1cnc(NC(=O)Cc2ccc(COC(=O)[C@H](CCC(=O)OC3CCCCC3)NC(=O)OC(C)(C)C)cc2)s1. The Hall–Kier alpha value is -3.47. The van der Waals surface area contributed by atoms with Gasteiger partial charge < -0.3 is 24.8 Å². The highest BCUT2D eigenvalue weighted by Crippen LogP contribution is 2.25. The number of esters is 2. The number of amides is 2. The molecule has 230 valence electrons. The summed E-state index contributed by atoms with van der Waals surface area (Å²) in [6.07, 6.45) is 5.99. The van der Waals surface area contributed by atoms with Crippen LogP contribution in [0.5, 0.6) is 0 Å². The molecule has 1 aliphatic rings. The summed E-state index contributed by atoms with van der Waals surface area (Å²) in [5, 5.41) is 5.93. The highest BCUT2D eigenvalue weighted by atomic mass is 32.1. The quantitative estimate of drug-likeness (QED) is 0.222. The largest absolute Gasteiger partial charge is 0.462 e. The number of aromatic nitrogens is 1. The number of nitrogens with zero attached hydrogens (tertiary/aromatic N) is 1. The lowest BCUT2D eigenvalue weighted by Gasteiger charge is -2.24. The molecule has 2 N–H and O–H groups in total. The van der Waals surface area contributed by atoms with Gasteiger partial charge in [-0.3, -0.25) is 9.59 Å². The number of carbonyl (C=O) groups is 4. The summed E-state index contributed by atoms with van der Waals surface area (Å²) in [6, 6.07) is 6.05. The Bertz CT molecular complexity index is 1200. The van der Waals surface area contributed by atoms with Crippen LogP contribution in [0.25, 0.3) is 0 Å². The van der Waals surface area contributed by atoms with E-state index in [2.05, 4.69) is 29.5 Å². The lowest BCUT2D eigenvalue weighted by atomic mass is 9.98. The minimum Gasteiger partial charge on any atom is -0.462 e. The van der Waals surface area contributed by atoms with E-state index >= 15 is 0 Å². The van der Waals surface area contributed by atoms with E-state index in [0.29, 0.717) is 16.6 Å². The van der Waals surface area contributed by atoms with Crippen molar-refractivity contribution in [3.8, 4) is 0 Å². The fourth-order valence-corrected chi connectivity index (χ4v) is 5.19. The molecule has 2 amide bonds. The first kappa shape index (κ1) is 33.0. The van der Waals surface area contributed by atoms with E-state index in [9.17, 15) is 19.2 Å². The highest BCUT2D eigenvalue weighted by molar-refractivity contribution is 7.15. The lowest BCUT2D eigenvalue weighted by molar-refractivity contribution is -0.152. The van der Waals surface area contributed by atoms with Crippen molar-refractivity contribution >= 4 is 40.4 Å². The molecule has 1 saturated carbocycles. The topological polar surface area (TPSA) is 133 Å². The normalized spacial score (nSPS) is 14.6. The van der Waals surface area contributed by atoms with Gasteiger partial charge in [-0.15, -0.1) is 11.3 Å². The van der Waals surface area contributed by atoms with E-state index in [4.69, 9.17) is 14.2 Å². The van der Waals surface area contributed by atoms with Crippen molar-refractivity contribution in [2.24, 2.45) is 0 Å². The van der Waals surface area contributed by atoms with Gasteiger partial charge in [0.15, 0.2) is 5.13 Å². The predicted octanol–water partition coefficient (Wildman–Crippen LogP) is 6.04. The Morgan fingerprint density at radius 2 is 1.69 bits per heavy atom. The molecule has 0 radical (unpaired) electrons. The smallest absolute Gasteiger partial charge is 0.408 e. The molecule has 2 aromatic rings. The second kappa shape index (κ2) is 15.7. The first-order chi connectivity index (χ1) is 19.9. The van der Waals surface area contributed by atoms with Crippen LogP contribution in [0.15, 0.2) is 30.5 Å². The first-order valence-corrected chi connectivity index (χ1v) is 15.4. The van der Waals surface area contributed by atoms with Gasteiger partial charge in [0.1, 0.15) is 24.4 Å². The summed E-state index contributed by atoms with van der Waals surface area (Å²) in [7, 11) is 0. The van der Waals surface area contributed by atoms with E-state index in [1.165, 1.54) is 11.3 Å².